The lowest BCUT2D eigenvalue weighted by molar-refractivity contribution is -0.145. The number of hydrogen-bond donors (Lipinski definition) is 0. The lowest BCUT2D eigenvalue weighted by Crippen LogP contribution is -2.50. The van der Waals surface area contributed by atoms with Gasteiger partial charge >= 0.3 is 0 Å². The summed E-state index contributed by atoms with van der Waals surface area (Å²) in [5.74, 6) is 0.154. The minimum absolute atomic E-state index is 0.0231. The number of likely N-dealkylation sites (tertiary alicyclic amines) is 2. The molecular weight excluding hydrogens is 294 g/mol. The number of ether oxygens (including phenoxy) is 1. The molecule has 3 heterocycles. The molecule has 2 amide bonds. The summed E-state index contributed by atoms with van der Waals surface area (Å²) in [6.45, 7) is 2.68. The Morgan fingerprint density at radius 2 is 2.26 bits per heavy atom. The Balaban J connectivity index is 1.68. The van der Waals surface area contributed by atoms with Gasteiger partial charge < -0.3 is 14.5 Å². The predicted octanol–water partition coefficient (Wildman–Crippen LogP) is 1.07. The van der Waals surface area contributed by atoms with Crippen molar-refractivity contribution < 1.29 is 14.3 Å². The molecule has 3 rings (SSSR count). The van der Waals surface area contributed by atoms with E-state index in [0.29, 0.717) is 13.1 Å². The second-order valence-electron chi connectivity index (χ2n) is 6.47. The normalized spacial score (nSPS) is 24.5. The molecule has 6 nitrogen and oxygen atoms in total. The first kappa shape index (κ1) is 15.9. The number of rotatable bonds is 4. The highest BCUT2D eigenvalue weighted by Crippen LogP contribution is 2.40. The van der Waals surface area contributed by atoms with Crippen LogP contribution in [0.3, 0.4) is 0 Å². The highest BCUT2D eigenvalue weighted by Gasteiger charge is 2.49. The molecule has 2 aliphatic heterocycles. The fraction of sp³-hybridized carbons (Fsp3) is 0.588. The van der Waals surface area contributed by atoms with Gasteiger partial charge in [-0.05, 0) is 30.9 Å². The van der Waals surface area contributed by atoms with Crippen molar-refractivity contribution in [2.75, 3.05) is 33.4 Å². The van der Waals surface area contributed by atoms with Crippen LogP contribution in [0.25, 0.3) is 0 Å². The third-order valence-corrected chi connectivity index (χ3v) is 4.89. The standard InChI is InChI=1S/C17H23N3O3/c1-23-12-15(21)20-8-3-5-17(13-20)6-9-19(16(17)22)11-14-4-2-7-18-10-14/h2,4,7,10H,3,5-6,8-9,11-13H2,1H3. The molecule has 23 heavy (non-hydrogen) atoms. The van der Waals surface area contributed by atoms with E-state index in [1.165, 1.54) is 7.11 Å². The van der Waals surface area contributed by atoms with E-state index in [-0.39, 0.29) is 18.4 Å². The van der Waals surface area contributed by atoms with Gasteiger partial charge in [-0.25, -0.2) is 0 Å². The first-order valence-corrected chi connectivity index (χ1v) is 8.10. The Kier molecular flexibility index (Phi) is 4.61. The molecule has 1 unspecified atom stereocenters. The number of methoxy groups -OCH3 is 1. The molecule has 1 atom stereocenters. The summed E-state index contributed by atoms with van der Waals surface area (Å²) >= 11 is 0. The number of amides is 2. The molecule has 6 heteroatoms. The van der Waals surface area contributed by atoms with Crippen LogP contribution in [-0.4, -0.2) is 59.9 Å². The lowest BCUT2D eigenvalue weighted by atomic mass is 9.78. The number of piperidine rings is 1. The third kappa shape index (κ3) is 3.22. The first-order valence-electron chi connectivity index (χ1n) is 8.10. The zero-order valence-corrected chi connectivity index (χ0v) is 13.5. The number of hydrogen-bond acceptors (Lipinski definition) is 4. The lowest BCUT2D eigenvalue weighted by Gasteiger charge is -2.39. The Bertz CT molecular complexity index is 578. The Morgan fingerprint density at radius 1 is 1.39 bits per heavy atom. The van der Waals surface area contributed by atoms with Crippen LogP contribution in [0.5, 0.6) is 0 Å². The first-order chi connectivity index (χ1) is 11.1. The number of nitrogens with zero attached hydrogens (tertiary/aromatic N) is 3. The van der Waals surface area contributed by atoms with Crippen LogP contribution in [0.15, 0.2) is 24.5 Å². The number of aromatic nitrogens is 1. The van der Waals surface area contributed by atoms with E-state index in [0.717, 1.165) is 37.9 Å². The fourth-order valence-corrected chi connectivity index (χ4v) is 3.69. The van der Waals surface area contributed by atoms with Crippen molar-refractivity contribution >= 4 is 11.8 Å². The summed E-state index contributed by atoms with van der Waals surface area (Å²) < 4.78 is 4.94. The number of carbonyl (C=O) groups excluding carboxylic acids is 2. The average Bonchev–Trinajstić information content (AvgIpc) is 2.86. The summed E-state index contributed by atoms with van der Waals surface area (Å²) in [5.41, 5.74) is 0.644. The maximum Gasteiger partial charge on any atom is 0.248 e. The third-order valence-electron chi connectivity index (χ3n) is 4.89. The second kappa shape index (κ2) is 6.66. The van der Waals surface area contributed by atoms with E-state index in [1.54, 1.807) is 17.3 Å². The van der Waals surface area contributed by atoms with Crippen LogP contribution in [0, 0.1) is 5.41 Å². The monoisotopic (exact) mass is 317 g/mol. The molecule has 0 aromatic carbocycles. The summed E-state index contributed by atoms with van der Waals surface area (Å²) in [6.07, 6.45) is 6.10. The molecule has 0 aliphatic carbocycles. The number of pyridine rings is 1. The molecule has 2 saturated heterocycles. The van der Waals surface area contributed by atoms with Crippen molar-refractivity contribution in [1.29, 1.82) is 0 Å². The van der Waals surface area contributed by atoms with Crippen LogP contribution in [0.1, 0.15) is 24.8 Å². The van der Waals surface area contributed by atoms with Crippen molar-refractivity contribution in [3.05, 3.63) is 30.1 Å². The molecule has 2 aliphatic rings. The summed E-state index contributed by atoms with van der Waals surface area (Å²) in [4.78, 5) is 32.8. The zero-order valence-electron chi connectivity index (χ0n) is 13.5. The number of carbonyl (C=O) groups is 2. The zero-order chi connectivity index (χ0) is 16.3. The van der Waals surface area contributed by atoms with Gasteiger partial charge in [-0.15, -0.1) is 0 Å². The topological polar surface area (TPSA) is 62.7 Å². The molecule has 0 N–H and O–H groups in total. The quantitative estimate of drug-likeness (QED) is 0.833. The predicted molar refractivity (Wildman–Crippen MR) is 84.4 cm³/mol. The summed E-state index contributed by atoms with van der Waals surface area (Å²) in [7, 11) is 1.52. The van der Waals surface area contributed by atoms with Crippen molar-refractivity contribution in [3.63, 3.8) is 0 Å². The maximum absolute atomic E-state index is 12.9. The van der Waals surface area contributed by atoms with Gasteiger partial charge in [-0.3, -0.25) is 14.6 Å². The van der Waals surface area contributed by atoms with Gasteiger partial charge in [0.25, 0.3) is 0 Å². The molecular formula is C17H23N3O3. The summed E-state index contributed by atoms with van der Waals surface area (Å²) in [6, 6.07) is 3.87. The Labute approximate surface area is 136 Å². The van der Waals surface area contributed by atoms with E-state index in [2.05, 4.69) is 4.98 Å². The molecule has 2 fully saturated rings. The summed E-state index contributed by atoms with van der Waals surface area (Å²) in [5, 5.41) is 0. The van der Waals surface area contributed by atoms with Gasteiger partial charge in [-0.1, -0.05) is 6.07 Å². The van der Waals surface area contributed by atoms with E-state index >= 15 is 0 Å². The van der Waals surface area contributed by atoms with Crippen molar-refractivity contribution in [2.24, 2.45) is 5.41 Å². The maximum atomic E-state index is 12.9. The van der Waals surface area contributed by atoms with E-state index in [9.17, 15) is 9.59 Å². The van der Waals surface area contributed by atoms with Crippen LogP contribution in [-0.2, 0) is 20.9 Å². The molecule has 0 saturated carbocycles. The van der Waals surface area contributed by atoms with Crippen molar-refractivity contribution in [2.45, 2.75) is 25.8 Å². The molecule has 0 radical (unpaired) electrons. The molecule has 1 spiro atoms. The minimum atomic E-state index is -0.399. The highest BCUT2D eigenvalue weighted by atomic mass is 16.5. The largest absolute Gasteiger partial charge is 0.375 e. The van der Waals surface area contributed by atoms with Crippen LogP contribution in [0.4, 0.5) is 0 Å². The fourth-order valence-electron chi connectivity index (χ4n) is 3.69. The van der Waals surface area contributed by atoms with Gasteiger partial charge in [0.1, 0.15) is 6.61 Å². The van der Waals surface area contributed by atoms with E-state index < -0.39 is 5.41 Å². The van der Waals surface area contributed by atoms with Gasteiger partial charge in [0.05, 0.1) is 5.41 Å². The van der Waals surface area contributed by atoms with Gasteiger partial charge in [0.2, 0.25) is 11.8 Å². The van der Waals surface area contributed by atoms with Crippen molar-refractivity contribution in [1.82, 2.24) is 14.8 Å². The molecule has 124 valence electrons. The molecule has 1 aromatic heterocycles. The van der Waals surface area contributed by atoms with Gasteiger partial charge in [0.15, 0.2) is 0 Å². The van der Waals surface area contributed by atoms with Gasteiger partial charge in [-0.2, -0.15) is 0 Å². The average molecular weight is 317 g/mol. The van der Waals surface area contributed by atoms with E-state index in [4.69, 9.17) is 4.74 Å². The van der Waals surface area contributed by atoms with Crippen LogP contribution >= 0.6 is 0 Å². The SMILES string of the molecule is COCC(=O)N1CCCC2(CCN(Cc3cccnc3)C2=O)C1. The smallest absolute Gasteiger partial charge is 0.248 e. The van der Waals surface area contributed by atoms with Crippen LogP contribution < -0.4 is 0 Å². The highest BCUT2D eigenvalue weighted by molar-refractivity contribution is 5.86. The van der Waals surface area contributed by atoms with Crippen molar-refractivity contribution in [3.8, 4) is 0 Å². The molecule has 1 aromatic rings. The van der Waals surface area contributed by atoms with Gasteiger partial charge in [0, 0.05) is 45.7 Å². The van der Waals surface area contributed by atoms with Crippen LogP contribution in [0.2, 0.25) is 0 Å². The Hall–Kier alpha value is -1.95. The van der Waals surface area contributed by atoms with E-state index in [1.807, 2.05) is 17.0 Å². The second-order valence-corrected chi connectivity index (χ2v) is 6.47. The molecule has 0 bridgehead atoms. The Morgan fingerprint density at radius 3 is 3.00 bits per heavy atom. The minimum Gasteiger partial charge on any atom is -0.375 e.